The van der Waals surface area contributed by atoms with Crippen LogP contribution in [0.5, 0.6) is 0 Å². The number of aliphatic hydroxyl groups excluding tert-OH is 1. The zero-order valence-electron chi connectivity index (χ0n) is 65.7. The van der Waals surface area contributed by atoms with Gasteiger partial charge in [0.25, 0.3) is 0 Å². The Morgan fingerprint density at radius 1 is 0.270 bits per heavy atom. The number of phosphoric ester groups is 2. The van der Waals surface area contributed by atoms with Crippen LogP contribution in [-0.4, -0.2) is 96.7 Å². The first-order chi connectivity index (χ1) is 48.2. The monoisotopic (exact) mass is 1470 g/mol. The Labute approximate surface area is 613 Å². The number of hydrogen-bond acceptors (Lipinski definition) is 15. The van der Waals surface area contributed by atoms with Gasteiger partial charge in [-0.05, 0) is 43.4 Å². The molecule has 3 N–H and O–H groups in total. The quantitative estimate of drug-likeness (QED) is 0.0222. The molecule has 5 atom stereocenters. The van der Waals surface area contributed by atoms with Crippen molar-refractivity contribution >= 4 is 39.5 Å². The lowest BCUT2D eigenvalue weighted by atomic mass is 10.0. The van der Waals surface area contributed by atoms with Crippen molar-refractivity contribution in [3.05, 3.63) is 0 Å². The van der Waals surface area contributed by atoms with E-state index >= 15 is 0 Å². The molecule has 0 aliphatic heterocycles. The van der Waals surface area contributed by atoms with Crippen molar-refractivity contribution in [2.45, 2.75) is 439 Å². The fourth-order valence-corrected chi connectivity index (χ4v) is 14.1. The highest BCUT2D eigenvalue weighted by atomic mass is 31.2. The molecule has 0 heterocycles. The molecule has 0 aliphatic rings. The van der Waals surface area contributed by atoms with Crippen LogP contribution in [0, 0.1) is 17.8 Å². The third-order valence-corrected chi connectivity index (χ3v) is 20.8. The van der Waals surface area contributed by atoms with Gasteiger partial charge in [-0.25, -0.2) is 9.13 Å². The van der Waals surface area contributed by atoms with Gasteiger partial charge in [0.15, 0.2) is 12.2 Å². The summed E-state index contributed by atoms with van der Waals surface area (Å²) in [5, 5.41) is 10.6. The van der Waals surface area contributed by atoms with Crippen LogP contribution < -0.4 is 0 Å². The van der Waals surface area contributed by atoms with Crippen molar-refractivity contribution in [2.75, 3.05) is 39.6 Å². The third kappa shape index (κ3) is 74.3. The lowest BCUT2D eigenvalue weighted by Gasteiger charge is -2.21. The minimum atomic E-state index is -4.96. The molecule has 0 aliphatic carbocycles. The Bertz CT molecular complexity index is 1940. The van der Waals surface area contributed by atoms with Gasteiger partial charge in [-0.2, -0.15) is 0 Å². The standard InChI is InChI=1S/C81H158O17P2/c1-8-9-10-11-12-13-14-15-16-17-18-19-20-21-24-28-35-43-50-57-64-80(85)97-76(68-91-78(83)62-55-48-41-34-27-25-22-23-26-31-38-45-52-59-72(2)3)70-95-99(87,88)93-66-75(82)67-94-100(89,90)96-71-77(98-81(86)65-58-51-44-37-30-33-40-47-54-61-74(6)7)69-92-79(84)63-56-49-42-36-29-32-39-46-53-60-73(4)5/h72-77,82H,8-71H2,1-7H3,(H,87,88)(H,89,90)/t75-,76-,77-/m1/s1. The number of rotatable bonds is 79. The number of unbranched alkanes of at least 4 members (excludes halogenated alkanes) is 47. The van der Waals surface area contributed by atoms with Gasteiger partial charge < -0.3 is 33.8 Å². The molecule has 2 unspecified atom stereocenters. The summed E-state index contributed by atoms with van der Waals surface area (Å²) < 4.78 is 68.7. The van der Waals surface area contributed by atoms with Crippen molar-refractivity contribution in [1.82, 2.24) is 0 Å². The fraction of sp³-hybridized carbons (Fsp3) is 0.951. The molecule has 0 bridgehead atoms. The van der Waals surface area contributed by atoms with Gasteiger partial charge in [-0.15, -0.1) is 0 Å². The van der Waals surface area contributed by atoms with E-state index in [1.165, 1.54) is 231 Å². The van der Waals surface area contributed by atoms with E-state index in [4.69, 9.17) is 37.0 Å². The zero-order valence-corrected chi connectivity index (χ0v) is 67.5. The molecular weight excluding hydrogens is 1310 g/mol. The van der Waals surface area contributed by atoms with Crippen LogP contribution in [-0.2, 0) is 65.4 Å². The normalized spacial score (nSPS) is 14.0. The Kier molecular flexibility index (Phi) is 69.9. The molecule has 594 valence electrons. The lowest BCUT2D eigenvalue weighted by molar-refractivity contribution is -0.161. The molecular formula is C81H158O17P2. The Hall–Kier alpha value is -1.94. The number of carbonyl (C=O) groups excluding carboxylic acids is 4. The van der Waals surface area contributed by atoms with E-state index in [9.17, 15) is 43.2 Å². The Morgan fingerprint density at radius 3 is 0.680 bits per heavy atom. The van der Waals surface area contributed by atoms with Crippen molar-refractivity contribution in [2.24, 2.45) is 17.8 Å². The van der Waals surface area contributed by atoms with E-state index in [2.05, 4.69) is 48.5 Å². The number of aliphatic hydroxyl groups is 1. The number of hydrogen-bond donors (Lipinski definition) is 3. The summed E-state index contributed by atoms with van der Waals surface area (Å²) in [6, 6.07) is 0. The van der Waals surface area contributed by atoms with Gasteiger partial charge in [-0.1, -0.05) is 370 Å². The smallest absolute Gasteiger partial charge is 0.462 e. The highest BCUT2D eigenvalue weighted by Crippen LogP contribution is 2.45. The maximum atomic E-state index is 13.1. The Balaban J connectivity index is 5.24. The van der Waals surface area contributed by atoms with E-state index < -0.39 is 97.5 Å². The van der Waals surface area contributed by atoms with E-state index in [1.807, 2.05) is 0 Å². The third-order valence-electron chi connectivity index (χ3n) is 18.9. The van der Waals surface area contributed by atoms with Gasteiger partial charge >= 0.3 is 39.5 Å². The highest BCUT2D eigenvalue weighted by molar-refractivity contribution is 7.47. The first kappa shape index (κ1) is 98.1. The number of ether oxygens (including phenoxy) is 4. The largest absolute Gasteiger partial charge is 0.472 e. The van der Waals surface area contributed by atoms with Crippen LogP contribution in [0.1, 0.15) is 421 Å². The molecule has 0 saturated carbocycles. The maximum absolute atomic E-state index is 13.1. The molecule has 17 nitrogen and oxygen atoms in total. The Morgan fingerprint density at radius 2 is 0.460 bits per heavy atom. The average molecular weight is 1470 g/mol. The second kappa shape index (κ2) is 71.3. The van der Waals surface area contributed by atoms with E-state index in [1.54, 1.807) is 0 Å². The SMILES string of the molecule is CCCCCCCCCCCCCCCCCCCCCCC(=O)O[C@H](COC(=O)CCCCCCCCCCCCCCCC(C)C)COP(=O)(O)OC[C@@H](O)COP(=O)(O)OC[C@@H](COC(=O)CCCCCCCCCCCC(C)C)OC(=O)CCCCCCCCCCCC(C)C. The minimum absolute atomic E-state index is 0.105. The molecule has 0 radical (unpaired) electrons. The summed E-state index contributed by atoms with van der Waals surface area (Å²) in [6.07, 6.45) is 59.7. The summed E-state index contributed by atoms with van der Waals surface area (Å²) in [4.78, 5) is 73.0. The van der Waals surface area contributed by atoms with Crippen molar-refractivity contribution in [1.29, 1.82) is 0 Å². The van der Waals surface area contributed by atoms with Crippen molar-refractivity contribution in [3.63, 3.8) is 0 Å². The molecule has 100 heavy (non-hydrogen) atoms. The molecule has 0 aromatic carbocycles. The lowest BCUT2D eigenvalue weighted by Crippen LogP contribution is -2.30. The van der Waals surface area contributed by atoms with Crippen LogP contribution in [0.15, 0.2) is 0 Å². The van der Waals surface area contributed by atoms with E-state index in [0.717, 1.165) is 108 Å². The molecule has 19 heteroatoms. The van der Waals surface area contributed by atoms with E-state index in [-0.39, 0.29) is 25.7 Å². The summed E-state index contributed by atoms with van der Waals surface area (Å²) in [6.45, 7) is 11.9. The summed E-state index contributed by atoms with van der Waals surface area (Å²) in [7, 11) is -9.92. The van der Waals surface area contributed by atoms with Crippen molar-refractivity contribution < 1.29 is 80.2 Å². The van der Waals surface area contributed by atoms with Gasteiger partial charge in [-0.3, -0.25) is 37.3 Å². The first-order valence-electron chi connectivity index (χ1n) is 41.8. The molecule has 0 amide bonds. The van der Waals surface area contributed by atoms with Crippen LogP contribution in [0.2, 0.25) is 0 Å². The maximum Gasteiger partial charge on any atom is 0.472 e. The summed E-state index contributed by atoms with van der Waals surface area (Å²) in [5.41, 5.74) is 0. The minimum Gasteiger partial charge on any atom is -0.462 e. The molecule has 0 spiro atoms. The number of phosphoric acid groups is 2. The number of carbonyl (C=O) groups is 4. The van der Waals surface area contributed by atoms with Crippen molar-refractivity contribution in [3.8, 4) is 0 Å². The van der Waals surface area contributed by atoms with Crippen LogP contribution in [0.3, 0.4) is 0 Å². The summed E-state index contributed by atoms with van der Waals surface area (Å²) in [5.74, 6) is 0.159. The topological polar surface area (TPSA) is 237 Å². The molecule has 0 rings (SSSR count). The van der Waals surface area contributed by atoms with Gasteiger partial charge in [0.2, 0.25) is 0 Å². The predicted molar refractivity (Wildman–Crippen MR) is 409 cm³/mol. The second-order valence-corrected chi connectivity index (χ2v) is 33.5. The molecule has 0 saturated heterocycles. The fourth-order valence-electron chi connectivity index (χ4n) is 12.5. The molecule has 0 aromatic rings. The predicted octanol–water partition coefficient (Wildman–Crippen LogP) is 24.1. The second-order valence-electron chi connectivity index (χ2n) is 30.6. The number of esters is 4. The van der Waals surface area contributed by atoms with E-state index in [0.29, 0.717) is 25.7 Å². The van der Waals surface area contributed by atoms with Gasteiger partial charge in [0, 0.05) is 25.7 Å². The zero-order chi connectivity index (χ0) is 73.7. The average Bonchev–Trinajstić information content (AvgIpc) is 0.952. The highest BCUT2D eigenvalue weighted by Gasteiger charge is 2.30. The molecule has 0 aromatic heterocycles. The van der Waals surface area contributed by atoms with Crippen LogP contribution >= 0.6 is 15.6 Å². The summed E-state index contributed by atoms with van der Waals surface area (Å²) >= 11 is 0. The van der Waals surface area contributed by atoms with Crippen LogP contribution in [0.4, 0.5) is 0 Å². The molecule has 0 fully saturated rings. The van der Waals surface area contributed by atoms with Gasteiger partial charge in [0.05, 0.1) is 26.4 Å². The van der Waals surface area contributed by atoms with Crippen LogP contribution in [0.25, 0.3) is 0 Å². The first-order valence-corrected chi connectivity index (χ1v) is 44.8. The van der Waals surface area contributed by atoms with Gasteiger partial charge in [0.1, 0.15) is 19.3 Å².